The highest BCUT2D eigenvalue weighted by Crippen LogP contribution is 2.40. The highest BCUT2D eigenvalue weighted by atomic mass is 32.2. The van der Waals surface area contributed by atoms with Gasteiger partial charge in [0.1, 0.15) is 6.61 Å². The second-order valence-corrected chi connectivity index (χ2v) is 16.0. The van der Waals surface area contributed by atoms with Gasteiger partial charge in [-0.1, -0.05) is 6.07 Å². The van der Waals surface area contributed by atoms with Crippen LogP contribution in [0.25, 0.3) is 11.3 Å². The van der Waals surface area contributed by atoms with Crippen LogP contribution in [-0.4, -0.2) is 136 Å². The van der Waals surface area contributed by atoms with E-state index in [1.807, 2.05) is 0 Å². The van der Waals surface area contributed by atoms with Gasteiger partial charge in [-0.15, -0.1) is 11.8 Å². The normalized spacial score (nSPS) is 20.1. The number of nitrogens with zero attached hydrogens (tertiary/aromatic N) is 5. The molecule has 5 rings (SSSR count). The lowest BCUT2D eigenvalue weighted by Crippen LogP contribution is -2.47. The Morgan fingerprint density at radius 2 is 1.77 bits per heavy atom. The number of alkyl halides is 3. The Kier molecular flexibility index (Phi) is 12.1. The SMILES string of the molecule is CS(=O)(=O)N1CCc2c(c(-c3ccc(C(F)(F)F)c(SCCN4CCC(O)CC4)c3)nn2CC(O)CN2CCC(NC(=O)CO)CC2)C1. The van der Waals surface area contributed by atoms with Crippen LogP contribution in [0.4, 0.5) is 13.2 Å². The summed E-state index contributed by atoms with van der Waals surface area (Å²) in [6.45, 7) is 3.41. The summed E-state index contributed by atoms with van der Waals surface area (Å²) in [4.78, 5) is 15.8. The molecule has 1 amide bonds. The number of aromatic nitrogens is 2. The van der Waals surface area contributed by atoms with Crippen molar-refractivity contribution in [2.45, 2.75) is 74.5 Å². The van der Waals surface area contributed by atoms with Crippen molar-refractivity contribution in [3.63, 3.8) is 0 Å². The monoisotopic (exact) mass is 718 g/mol. The van der Waals surface area contributed by atoms with Crippen molar-refractivity contribution in [1.29, 1.82) is 0 Å². The summed E-state index contributed by atoms with van der Waals surface area (Å²) in [5, 5.41) is 37.4. The van der Waals surface area contributed by atoms with Crippen molar-refractivity contribution < 1.29 is 41.7 Å². The molecule has 2 fully saturated rings. The maximum absolute atomic E-state index is 14.1. The number of fused-ring (bicyclic) bond motifs is 1. The van der Waals surface area contributed by atoms with Crippen LogP contribution in [0.15, 0.2) is 23.1 Å². The summed E-state index contributed by atoms with van der Waals surface area (Å²) in [7, 11) is -3.55. The van der Waals surface area contributed by atoms with E-state index in [0.717, 1.165) is 29.8 Å². The number of carbonyl (C=O) groups excluding carboxylic acids is 1. The van der Waals surface area contributed by atoms with Gasteiger partial charge in [-0.05, 0) is 37.8 Å². The molecule has 3 aliphatic heterocycles. The van der Waals surface area contributed by atoms with Crippen LogP contribution in [0.1, 0.15) is 42.5 Å². The molecule has 17 heteroatoms. The third kappa shape index (κ3) is 9.50. The zero-order chi connectivity index (χ0) is 34.6. The smallest absolute Gasteiger partial charge is 0.393 e. The molecule has 268 valence electrons. The highest BCUT2D eigenvalue weighted by Gasteiger charge is 2.35. The molecular weight excluding hydrogens is 674 g/mol. The van der Waals surface area contributed by atoms with Crippen molar-refractivity contribution in [2.75, 3.05) is 64.4 Å². The molecule has 48 heavy (non-hydrogen) atoms. The first-order valence-electron chi connectivity index (χ1n) is 16.3. The molecule has 12 nitrogen and oxygen atoms in total. The van der Waals surface area contributed by atoms with Crippen LogP contribution in [0, 0.1) is 0 Å². The zero-order valence-electron chi connectivity index (χ0n) is 27.0. The molecule has 1 aromatic heterocycles. The summed E-state index contributed by atoms with van der Waals surface area (Å²) in [5.41, 5.74) is 1.45. The van der Waals surface area contributed by atoms with Gasteiger partial charge in [-0.2, -0.15) is 22.6 Å². The number of hydrogen-bond donors (Lipinski definition) is 4. The Bertz CT molecular complexity index is 1530. The number of thioether (sulfide) groups is 1. The third-order valence-corrected chi connectivity index (χ3v) is 11.6. The van der Waals surface area contributed by atoms with E-state index in [1.165, 1.54) is 16.4 Å². The average molecular weight is 719 g/mol. The van der Waals surface area contributed by atoms with Crippen LogP contribution >= 0.6 is 11.8 Å². The van der Waals surface area contributed by atoms with Crippen LogP contribution in [-0.2, 0) is 40.5 Å². The van der Waals surface area contributed by atoms with Gasteiger partial charge in [0.2, 0.25) is 15.9 Å². The van der Waals surface area contributed by atoms with E-state index < -0.39 is 40.4 Å². The van der Waals surface area contributed by atoms with Crippen molar-refractivity contribution in [3.05, 3.63) is 35.0 Å². The fourth-order valence-corrected chi connectivity index (χ4v) is 8.58. The van der Waals surface area contributed by atoms with Crippen LogP contribution in [0.3, 0.4) is 0 Å². The fraction of sp³-hybridized carbons (Fsp3) is 0.677. The Morgan fingerprint density at radius 3 is 2.42 bits per heavy atom. The van der Waals surface area contributed by atoms with Gasteiger partial charge in [0, 0.05) is 92.3 Å². The first kappa shape index (κ1) is 37.0. The minimum Gasteiger partial charge on any atom is -0.393 e. The molecule has 2 aromatic rings. The molecule has 0 saturated carbocycles. The Morgan fingerprint density at radius 1 is 1.08 bits per heavy atom. The van der Waals surface area contributed by atoms with Gasteiger partial charge in [-0.25, -0.2) is 8.42 Å². The van der Waals surface area contributed by atoms with Crippen molar-refractivity contribution in [2.24, 2.45) is 0 Å². The second kappa shape index (κ2) is 15.7. The first-order valence-corrected chi connectivity index (χ1v) is 19.1. The van der Waals surface area contributed by atoms with Crippen molar-refractivity contribution in [1.82, 2.24) is 29.2 Å². The number of β-amino-alcohol motifs (C(OH)–C–C–N with tert-alkyl or cyclic N) is 1. The topological polar surface area (TPSA) is 151 Å². The van der Waals surface area contributed by atoms with Gasteiger partial charge >= 0.3 is 6.18 Å². The third-order valence-electron chi connectivity index (χ3n) is 9.30. The highest BCUT2D eigenvalue weighted by molar-refractivity contribution is 7.99. The average Bonchev–Trinajstić information content (AvgIpc) is 3.39. The fourth-order valence-electron chi connectivity index (χ4n) is 6.67. The molecule has 2 saturated heterocycles. The molecule has 0 radical (unpaired) electrons. The number of rotatable bonds is 12. The molecule has 1 aromatic carbocycles. The summed E-state index contributed by atoms with van der Waals surface area (Å²) in [5.74, 6) is 0.00814. The van der Waals surface area contributed by atoms with E-state index in [9.17, 15) is 36.6 Å². The van der Waals surface area contributed by atoms with Crippen molar-refractivity contribution in [3.8, 4) is 11.3 Å². The number of benzene rings is 1. The second-order valence-electron chi connectivity index (χ2n) is 12.9. The molecule has 0 aliphatic carbocycles. The van der Waals surface area contributed by atoms with E-state index >= 15 is 0 Å². The molecule has 0 spiro atoms. The lowest BCUT2D eigenvalue weighted by Gasteiger charge is -2.33. The lowest BCUT2D eigenvalue weighted by atomic mass is 10.0. The molecule has 3 aliphatic rings. The quantitative estimate of drug-likeness (QED) is 0.237. The number of halogens is 3. The molecule has 0 bridgehead atoms. The maximum Gasteiger partial charge on any atom is 0.417 e. The van der Waals surface area contributed by atoms with Gasteiger partial charge in [0.05, 0.1) is 36.3 Å². The number of likely N-dealkylation sites (tertiary alicyclic amines) is 2. The molecule has 4 N–H and O–H groups in total. The van der Waals surface area contributed by atoms with E-state index in [2.05, 4.69) is 15.1 Å². The summed E-state index contributed by atoms with van der Waals surface area (Å²) >= 11 is 1.11. The van der Waals surface area contributed by atoms with Crippen LogP contribution in [0.2, 0.25) is 0 Å². The first-order chi connectivity index (χ1) is 22.7. The van der Waals surface area contributed by atoms with E-state index in [1.54, 1.807) is 4.68 Å². The number of piperidine rings is 2. The predicted molar refractivity (Wildman–Crippen MR) is 175 cm³/mol. The largest absolute Gasteiger partial charge is 0.417 e. The number of aliphatic hydroxyl groups is 3. The lowest BCUT2D eigenvalue weighted by molar-refractivity contribution is -0.139. The molecule has 1 atom stereocenters. The molecule has 4 heterocycles. The Balaban J connectivity index is 1.35. The number of hydrogen-bond acceptors (Lipinski definition) is 10. The number of sulfonamides is 1. The number of carbonyl (C=O) groups is 1. The van der Waals surface area contributed by atoms with Crippen molar-refractivity contribution >= 4 is 27.7 Å². The van der Waals surface area contributed by atoms with E-state index in [4.69, 9.17) is 10.2 Å². The van der Waals surface area contributed by atoms with Gasteiger partial charge < -0.3 is 30.4 Å². The van der Waals surface area contributed by atoms with E-state index in [-0.39, 0.29) is 36.7 Å². The minimum atomic E-state index is -4.56. The van der Waals surface area contributed by atoms with Crippen LogP contribution in [0.5, 0.6) is 0 Å². The summed E-state index contributed by atoms with van der Waals surface area (Å²) in [6, 6.07) is 3.87. The molecule has 1 unspecified atom stereocenters. The standard InChI is InChI=1S/C31H45F3N6O6S2/c1-48(45,46)39-13-8-27-25(19-39)30(36-40(27)18-24(43)17-38-9-4-22(5-10-38)35-29(44)20-41)21-2-3-26(31(32,33)34)28(16-21)47-15-14-37-11-6-23(42)7-12-37/h2-3,16,22-24,41-43H,4-15,17-20H2,1H3,(H,35,44). The predicted octanol–water partition coefficient (Wildman–Crippen LogP) is 1.37. The van der Waals surface area contributed by atoms with Gasteiger partial charge in [0.25, 0.3) is 0 Å². The Hall–Kier alpha value is -2.25. The Labute approximate surface area is 283 Å². The summed E-state index contributed by atoms with van der Waals surface area (Å²) in [6.07, 6.45) is -1.62. The molecular formula is C31H45F3N6O6S2. The van der Waals surface area contributed by atoms with Gasteiger partial charge in [0.15, 0.2) is 0 Å². The van der Waals surface area contributed by atoms with Gasteiger partial charge in [-0.3, -0.25) is 9.48 Å². The number of aliphatic hydroxyl groups excluding tert-OH is 3. The van der Waals surface area contributed by atoms with Crippen LogP contribution < -0.4 is 5.32 Å². The maximum atomic E-state index is 14.1. The minimum absolute atomic E-state index is 0.0248. The zero-order valence-corrected chi connectivity index (χ0v) is 28.7. The summed E-state index contributed by atoms with van der Waals surface area (Å²) < 4.78 is 70.3. The van der Waals surface area contributed by atoms with E-state index in [0.29, 0.717) is 93.9 Å². The number of nitrogens with one attached hydrogen (secondary N) is 1. The number of amides is 1.